The maximum absolute atomic E-state index is 13.0. The molecular weight excluding hydrogens is 593 g/mol. The molecule has 10 heteroatoms. The van der Waals surface area contributed by atoms with Crippen molar-refractivity contribution >= 4 is 19.5 Å². The molecular formula is C35H38NO8P. The number of carbonyl (C=O) groups excluding carboxylic acids is 1. The number of carbonyl (C=O) groups is 2. The van der Waals surface area contributed by atoms with E-state index in [1.807, 2.05) is 60.7 Å². The van der Waals surface area contributed by atoms with E-state index in [4.69, 9.17) is 18.5 Å². The number of carboxylic acid groups (broad SMARTS) is 1. The number of ether oxygens (including phenoxy) is 2. The number of amides is 1. The Morgan fingerprint density at radius 1 is 0.711 bits per heavy atom. The van der Waals surface area contributed by atoms with Crippen LogP contribution in [0.2, 0.25) is 0 Å². The van der Waals surface area contributed by atoms with Gasteiger partial charge in [0.05, 0.1) is 19.4 Å². The van der Waals surface area contributed by atoms with Gasteiger partial charge in [0.25, 0.3) is 5.91 Å². The minimum atomic E-state index is -3.30. The topological polar surface area (TPSA) is 120 Å². The smallest absolute Gasteiger partial charge is 0.335 e. The van der Waals surface area contributed by atoms with Crippen molar-refractivity contribution in [1.29, 1.82) is 0 Å². The number of carboxylic acids is 1. The summed E-state index contributed by atoms with van der Waals surface area (Å²) in [5.41, 5.74) is 3.55. The van der Waals surface area contributed by atoms with Crippen LogP contribution in [0.25, 0.3) is 0 Å². The van der Waals surface area contributed by atoms with Crippen molar-refractivity contribution in [2.45, 2.75) is 45.7 Å². The molecule has 0 saturated carbocycles. The summed E-state index contributed by atoms with van der Waals surface area (Å²) in [5, 5.41) is 12.6. The number of rotatable bonds is 17. The lowest BCUT2D eigenvalue weighted by Crippen LogP contribution is -2.42. The van der Waals surface area contributed by atoms with Gasteiger partial charge in [0.15, 0.2) is 11.5 Å². The van der Waals surface area contributed by atoms with Gasteiger partial charge in [-0.1, -0.05) is 78.9 Å². The van der Waals surface area contributed by atoms with Gasteiger partial charge in [0, 0.05) is 12.0 Å². The lowest BCUT2D eigenvalue weighted by Gasteiger charge is -2.18. The number of nitrogens with one attached hydrogen (secondary N) is 1. The van der Waals surface area contributed by atoms with E-state index in [1.165, 1.54) is 0 Å². The van der Waals surface area contributed by atoms with E-state index in [2.05, 4.69) is 5.32 Å². The monoisotopic (exact) mass is 631 g/mol. The fraction of sp³-hybridized carbons (Fsp3) is 0.257. The first-order valence-corrected chi connectivity index (χ1v) is 16.5. The molecule has 4 aromatic rings. The van der Waals surface area contributed by atoms with Crippen molar-refractivity contribution in [1.82, 2.24) is 5.32 Å². The van der Waals surface area contributed by atoms with Crippen LogP contribution in [0.5, 0.6) is 11.5 Å². The summed E-state index contributed by atoms with van der Waals surface area (Å²) in [7, 11) is -3.30. The van der Waals surface area contributed by atoms with Crippen LogP contribution in [0.15, 0.2) is 103 Å². The third-order valence-corrected chi connectivity index (χ3v) is 8.83. The fourth-order valence-electron chi connectivity index (χ4n) is 4.57. The Hall–Kier alpha value is -4.43. The zero-order valence-electron chi connectivity index (χ0n) is 25.4. The van der Waals surface area contributed by atoms with Gasteiger partial charge in [-0.2, -0.15) is 0 Å². The fourth-order valence-corrected chi connectivity index (χ4v) is 6.27. The Labute approximate surface area is 263 Å². The van der Waals surface area contributed by atoms with Crippen molar-refractivity contribution in [3.8, 4) is 11.5 Å². The minimum Gasteiger partial charge on any atom is -0.485 e. The molecule has 0 radical (unpaired) electrons. The van der Waals surface area contributed by atoms with E-state index >= 15 is 0 Å². The number of hydrogen-bond donors (Lipinski definition) is 2. The summed E-state index contributed by atoms with van der Waals surface area (Å²) >= 11 is 0. The third-order valence-electron chi connectivity index (χ3n) is 6.77. The van der Waals surface area contributed by atoms with Crippen molar-refractivity contribution in [3.63, 3.8) is 0 Å². The van der Waals surface area contributed by atoms with E-state index in [0.29, 0.717) is 35.8 Å². The molecule has 0 aliphatic carbocycles. The second-order valence-corrected chi connectivity index (χ2v) is 12.3. The molecule has 0 saturated heterocycles. The van der Waals surface area contributed by atoms with Crippen LogP contribution in [0.4, 0.5) is 0 Å². The second-order valence-electron chi connectivity index (χ2n) is 10.2. The lowest BCUT2D eigenvalue weighted by atomic mass is 10.0. The van der Waals surface area contributed by atoms with Crippen molar-refractivity contribution in [3.05, 3.63) is 131 Å². The molecule has 0 bridgehead atoms. The van der Waals surface area contributed by atoms with Crippen LogP contribution in [0.1, 0.15) is 46.5 Å². The molecule has 0 heterocycles. The van der Waals surface area contributed by atoms with Crippen molar-refractivity contribution < 1.29 is 37.8 Å². The van der Waals surface area contributed by atoms with E-state index in [-0.39, 0.29) is 31.4 Å². The van der Waals surface area contributed by atoms with Crippen molar-refractivity contribution in [2.24, 2.45) is 0 Å². The lowest BCUT2D eigenvalue weighted by molar-refractivity contribution is -0.139. The standard InChI is InChI=1S/C35H38NO8P/c1-3-43-45(40,44-4-2)25-28-15-18-30(19-16-28)34(37)36-31(35(38)39)21-29-17-20-32(41-23-26-11-7-5-8-12-26)33(22-29)42-24-27-13-9-6-10-14-27/h5-20,22,31H,3-4,21,23-25H2,1-2H3,(H,36,37)(H,38,39)/t31-/m0/s1. The largest absolute Gasteiger partial charge is 0.485 e. The molecule has 0 unspecified atom stereocenters. The first-order chi connectivity index (χ1) is 21.8. The zero-order valence-corrected chi connectivity index (χ0v) is 26.3. The average molecular weight is 632 g/mol. The quantitative estimate of drug-likeness (QED) is 0.119. The molecule has 1 amide bonds. The predicted octanol–water partition coefficient (Wildman–Crippen LogP) is 7.04. The van der Waals surface area contributed by atoms with Crippen LogP contribution in [0.3, 0.4) is 0 Å². The van der Waals surface area contributed by atoms with Crippen LogP contribution in [0, 0.1) is 0 Å². The molecule has 4 rings (SSSR count). The molecule has 0 aliphatic rings. The molecule has 0 aliphatic heterocycles. The first-order valence-electron chi connectivity index (χ1n) is 14.8. The first kappa shape index (κ1) is 33.5. The van der Waals surface area contributed by atoms with Gasteiger partial charge < -0.3 is 28.9 Å². The van der Waals surface area contributed by atoms with E-state index in [9.17, 15) is 19.3 Å². The summed E-state index contributed by atoms with van der Waals surface area (Å²) in [6.07, 6.45) is 0.0831. The highest BCUT2D eigenvalue weighted by Crippen LogP contribution is 2.51. The SMILES string of the molecule is CCOP(=O)(Cc1ccc(C(=O)N[C@@H](Cc2ccc(OCc3ccccc3)c(OCc3ccccc3)c2)C(=O)O)cc1)OCC. The Kier molecular flexibility index (Phi) is 12.3. The van der Waals surface area contributed by atoms with Crippen LogP contribution < -0.4 is 14.8 Å². The molecule has 0 aromatic heterocycles. The highest BCUT2D eigenvalue weighted by Gasteiger charge is 2.25. The van der Waals surface area contributed by atoms with Gasteiger partial charge in [0.1, 0.15) is 19.3 Å². The van der Waals surface area contributed by atoms with Gasteiger partial charge in [-0.3, -0.25) is 9.36 Å². The molecule has 0 spiro atoms. The summed E-state index contributed by atoms with van der Waals surface area (Å²) in [5.74, 6) is -0.733. The molecule has 2 N–H and O–H groups in total. The van der Waals surface area contributed by atoms with Crippen LogP contribution in [-0.2, 0) is 44.2 Å². The molecule has 45 heavy (non-hydrogen) atoms. The molecule has 0 fully saturated rings. The Morgan fingerprint density at radius 2 is 1.24 bits per heavy atom. The van der Waals surface area contributed by atoms with E-state index in [1.54, 1.807) is 56.3 Å². The van der Waals surface area contributed by atoms with Crippen LogP contribution in [-0.4, -0.2) is 36.2 Å². The molecule has 1 atom stereocenters. The average Bonchev–Trinajstić information content (AvgIpc) is 3.04. The van der Waals surface area contributed by atoms with E-state index < -0.39 is 25.5 Å². The zero-order chi connectivity index (χ0) is 32.1. The minimum absolute atomic E-state index is 0.0196. The summed E-state index contributed by atoms with van der Waals surface area (Å²) in [6, 6.07) is 29.9. The Balaban J connectivity index is 1.46. The molecule has 9 nitrogen and oxygen atoms in total. The Bertz CT molecular complexity index is 1570. The molecule has 4 aromatic carbocycles. The third kappa shape index (κ3) is 10.3. The van der Waals surface area contributed by atoms with Gasteiger partial charge in [-0.15, -0.1) is 0 Å². The highest BCUT2D eigenvalue weighted by atomic mass is 31.2. The predicted molar refractivity (Wildman–Crippen MR) is 172 cm³/mol. The van der Waals surface area contributed by atoms with Gasteiger partial charge in [-0.05, 0) is 60.4 Å². The number of benzene rings is 4. The number of aliphatic carboxylic acids is 1. The van der Waals surface area contributed by atoms with Gasteiger partial charge in [-0.25, -0.2) is 4.79 Å². The Morgan fingerprint density at radius 3 is 1.78 bits per heavy atom. The van der Waals surface area contributed by atoms with Crippen LogP contribution >= 0.6 is 7.60 Å². The highest BCUT2D eigenvalue weighted by molar-refractivity contribution is 7.53. The summed E-state index contributed by atoms with van der Waals surface area (Å²) < 4.78 is 35.7. The second kappa shape index (κ2) is 16.6. The number of hydrogen-bond acceptors (Lipinski definition) is 7. The summed E-state index contributed by atoms with van der Waals surface area (Å²) in [4.78, 5) is 25.2. The maximum Gasteiger partial charge on any atom is 0.335 e. The van der Waals surface area contributed by atoms with E-state index in [0.717, 1.165) is 11.1 Å². The maximum atomic E-state index is 13.0. The van der Waals surface area contributed by atoms with Gasteiger partial charge in [0.2, 0.25) is 0 Å². The van der Waals surface area contributed by atoms with Gasteiger partial charge >= 0.3 is 13.6 Å². The normalized spacial score (nSPS) is 11.9. The summed E-state index contributed by atoms with van der Waals surface area (Å²) in [6.45, 7) is 4.61. The van der Waals surface area contributed by atoms with Crippen molar-refractivity contribution in [2.75, 3.05) is 13.2 Å². The molecule has 236 valence electrons.